The van der Waals surface area contributed by atoms with Gasteiger partial charge in [-0.05, 0) is 43.3 Å². The molecule has 0 aliphatic rings. The summed E-state index contributed by atoms with van der Waals surface area (Å²) in [4.78, 5) is 24.0. The van der Waals surface area contributed by atoms with E-state index in [9.17, 15) is 9.59 Å². The Kier molecular flexibility index (Phi) is 8.35. The van der Waals surface area contributed by atoms with E-state index in [1.807, 2.05) is 24.3 Å². The molecule has 0 saturated carbocycles. The van der Waals surface area contributed by atoms with Gasteiger partial charge in [0, 0.05) is 10.5 Å². The molecule has 1 amide bonds. The van der Waals surface area contributed by atoms with Crippen molar-refractivity contribution >= 4 is 29.9 Å². The molecule has 2 aromatic carbocycles. The van der Waals surface area contributed by atoms with Crippen molar-refractivity contribution in [3.05, 3.63) is 48.0 Å². The largest absolute Gasteiger partial charge is 0.497 e. The van der Waals surface area contributed by atoms with Crippen LogP contribution in [0.3, 0.4) is 0 Å². The van der Waals surface area contributed by atoms with Gasteiger partial charge in [0.05, 0.1) is 26.2 Å². The van der Waals surface area contributed by atoms with Crippen LogP contribution in [-0.4, -0.2) is 49.3 Å². The highest BCUT2D eigenvalue weighted by molar-refractivity contribution is 8.00. The third-order valence-electron chi connectivity index (χ3n) is 3.69. The highest BCUT2D eigenvalue weighted by Crippen LogP contribution is 2.31. The van der Waals surface area contributed by atoms with Gasteiger partial charge >= 0.3 is 5.97 Å². The lowest BCUT2D eigenvalue weighted by Gasteiger charge is -2.15. The van der Waals surface area contributed by atoms with Crippen LogP contribution in [0.25, 0.3) is 0 Å². The average Bonchev–Trinajstić information content (AvgIpc) is 2.73. The summed E-state index contributed by atoms with van der Waals surface area (Å²) in [7, 11) is 3.04. The molecule has 0 bridgehead atoms. The quantitative estimate of drug-likeness (QED) is 0.347. The molecule has 9 heteroatoms. The van der Waals surface area contributed by atoms with Crippen LogP contribution in [0.15, 0.2) is 52.5 Å². The highest BCUT2D eigenvalue weighted by atomic mass is 32.2. The predicted octanol–water partition coefficient (Wildman–Crippen LogP) is 2.80. The molecule has 0 heterocycles. The summed E-state index contributed by atoms with van der Waals surface area (Å²) in [6.45, 7) is 1.41. The summed E-state index contributed by atoms with van der Waals surface area (Å²) in [6, 6.07) is 12.4. The minimum Gasteiger partial charge on any atom is -0.497 e. The normalized spacial score (nSPS) is 11.7. The number of carbonyl (C=O) groups excluding carboxylic acids is 1. The Hall–Kier alpha value is -3.20. The number of nitrogens with zero attached hydrogens (tertiary/aromatic N) is 1. The Morgan fingerprint density at radius 3 is 2.52 bits per heavy atom. The summed E-state index contributed by atoms with van der Waals surface area (Å²) in [5.41, 5.74) is 2.91. The smallest absolute Gasteiger partial charge is 0.344 e. The number of rotatable bonds is 10. The molecule has 8 nitrogen and oxygen atoms in total. The van der Waals surface area contributed by atoms with Gasteiger partial charge in [0.25, 0.3) is 0 Å². The first-order valence-electron chi connectivity index (χ1n) is 8.59. The van der Waals surface area contributed by atoms with Crippen LogP contribution in [0.2, 0.25) is 0 Å². The van der Waals surface area contributed by atoms with Crippen LogP contribution in [-0.2, 0) is 9.59 Å². The molecule has 29 heavy (non-hydrogen) atoms. The molecule has 1 atom stereocenters. The van der Waals surface area contributed by atoms with Crippen molar-refractivity contribution in [2.24, 2.45) is 5.10 Å². The number of para-hydroxylation sites is 1. The second kappa shape index (κ2) is 11.0. The third kappa shape index (κ3) is 6.72. The lowest BCUT2D eigenvalue weighted by molar-refractivity contribution is -0.144. The van der Waals surface area contributed by atoms with E-state index in [1.165, 1.54) is 32.0 Å². The van der Waals surface area contributed by atoms with Crippen molar-refractivity contribution in [3.8, 4) is 17.2 Å². The fourth-order valence-corrected chi connectivity index (χ4v) is 2.87. The van der Waals surface area contributed by atoms with Gasteiger partial charge in [-0.2, -0.15) is 5.10 Å². The summed E-state index contributed by atoms with van der Waals surface area (Å²) in [6.07, 6.45) is 0.302. The van der Waals surface area contributed by atoms with Crippen molar-refractivity contribution in [1.82, 2.24) is 5.43 Å². The lowest BCUT2D eigenvalue weighted by atomic mass is 10.2. The molecule has 154 valence electrons. The molecule has 2 rings (SSSR count). The van der Waals surface area contributed by atoms with Gasteiger partial charge in [0.1, 0.15) is 5.75 Å². The van der Waals surface area contributed by atoms with Crippen LogP contribution >= 0.6 is 11.8 Å². The minimum absolute atomic E-state index is 0.182. The first-order chi connectivity index (χ1) is 13.9. The Balaban J connectivity index is 1.97. The number of benzene rings is 2. The summed E-state index contributed by atoms with van der Waals surface area (Å²) < 4.78 is 15.8. The molecule has 0 unspecified atom stereocenters. The highest BCUT2D eigenvalue weighted by Gasteiger charge is 2.18. The van der Waals surface area contributed by atoms with Gasteiger partial charge in [-0.25, -0.2) is 10.2 Å². The minimum atomic E-state index is -1.11. The fourth-order valence-electron chi connectivity index (χ4n) is 2.18. The van der Waals surface area contributed by atoms with Crippen LogP contribution in [0.5, 0.6) is 17.2 Å². The monoisotopic (exact) mass is 418 g/mol. The van der Waals surface area contributed by atoms with Crippen LogP contribution in [0.4, 0.5) is 0 Å². The maximum atomic E-state index is 12.0. The van der Waals surface area contributed by atoms with E-state index in [4.69, 9.17) is 19.3 Å². The first kappa shape index (κ1) is 22.1. The Morgan fingerprint density at radius 1 is 1.17 bits per heavy atom. The predicted molar refractivity (Wildman–Crippen MR) is 110 cm³/mol. The maximum Gasteiger partial charge on any atom is 0.344 e. The summed E-state index contributed by atoms with van der Waals surface area (Å²) in [5, 5.41) is 13.0. The second-order valence-electron chi connectivity index (χ2n) is 5.73. The average molecular weight is 418 g/mol. The molecule has 0 saturated heterocycles. The van der Waals surface area contributed by atoms with Crippen molar-refractivity contribution in [2.75, 3.05) is 20.0 Å². The van der Waals surface area contributed by atoms with Gasteiger partial charge in [0.15, 0.2) is 17.6 Å². The zero-order chi connectivity index (χ0) is 21.2. The number of aliphatic carboxylic acids is 1. The van der Waals surface area contributed by atoms with Gasteiger partial charge < -0.3 is 19.3 Å². The number of hydrogen-bond acceptors (Lipinski definition) is 7. The topological polar surface area (TPSA) is 106 Å². The Bertz CT molecular complexity index is 870. The van der Waals surface area contributed by atoms with E-state index < -0.39 is 12.1 Å². The summed E-state index contributed by atoms with van der Waals surface area (Å²) >= 11 is 1.36. The van der Waals surface area contributed by atoms with Crippen molar-refractivity contribution in [2.45, 2.75) is 17.9 Å². The molecule has 0 aliphatic heterocycles. The molecule has 2 aromatic rings. The van der Waals surface area contributed by atoms with Gasteiger partial charge in [0.2, 0.25) is 5.91 Å². The standard InChI is InChI=1S/C20H22N2O6S/c1-13(20(24)25)28-19-14(5-4-6-17(19)27-3)11-21-22-18(23)12-29-16-9-7-15(26-2)8-10-16/h4-11,13H,12H2,1-3H3,(H,22,23)(H,24,25)/b21-11+/t13-/m1/s1. The van der Waals surface area contributed by atoms with E-state index in [0.29, 0.717) is 11.3 Å². The van der Waals surface area contributed by atoms with Crippen molar-refractivity contribution in [1.29, 1.82) is 0 Å². The number of nitrogens with one attached hydrogen (secondary N) is 1. The fraction of sp³-hybridized carbons (Fsp3) is 0.250. The SMILES string of the molecule is COc1ccc(SCC(=O)N/N=C/c2cccc(OC)c2O[C@H](C)C(=O)O)cc1. The van der Waals surface area contributed by atoms with E-state index in [2.05, 4.69) is 10.5 Å². The molecular formula is C20H22N2O6S. The van der Waals surface area contributed by atoms with E-state index in [1.54, 1.807) is 25.3 Å². The molecular weight excluding hydrogens is 396 g/mol. The number of carbonyl (C=O) groups is 2. The Morgan fingerprint density at radius 2 is 1.90 bits per heavy atom. The number of methoxy groups -OCH3 is 2. The molecule has 0 radical (unpaired) electrons. The summed E-state index contributed by atoms with van der Waals surface area (Å²) in [5.74, 6) is 0.131. The lowest BCUT2D eigenvalue weighted by Crippen LogP contribution is -2.24. The molecule has 0 fully saturated rings. The van der Waals surface area contributed by atoms with E-state index >= 15 is 0 Å². The van der Waals surface area contributed by atoms with E-state index in [-0.39, 0.29) is 17.4 Å². The van der Waals surface area contributed by atoms with Crippen LogP contribution < -0.4 is 19.6 Å². The number of hydrogen-bond donors (Lipinski definition) is 2. The third-order valence-corrected chi connectivity index (χ3v) is 4.71. The Labute approximate surface area is 172 Å². The molecule has 2 N–H and O–H groups in total. The zero-order valence-electron chi connectivity index (χ0n) is 16.2. The van der Waals surface area contributed by atoms with Gasteiger partial charge in [-0.15, -0.1) is 11.8 Å². The molecule has 0 aromatic heterocycles. The number of hydrazone groups is 1. The maximum absolute atomic E-state index is 12.0. The first-order valence-corrected chi connectivity index (χ1v) is 9.58. The zero-order valence-corrected chi connectivity index (χ0v) is 17.1. The van der Waals surface area contributed by atoms with Gasteiger partial charge in [-0.1, -0.05) is 6.07 Å². The van der Waals surface area contributed by atoms with Crippen LogP contribution in [0.1, 0.15) is 12.5 Å². The molecule has 0 spiro atoms. The number of ether oxygens (including phenoxy) is 3. The van der Waals surface area contributed by atoms with Crippen LogP contribution in [0, 0.1) is 0 Å². The van der Waals surface area contributed by atoms with Crippen molar-refractivity contribution < 1.29 is 28.9 Å². The second-order valence-corrected chi connectivity index (χ2v) is 6.78. The number of carboxylic acid groups (broad SMARTS) is 1. The van der Waals surface area contributed by atoms with Gasteiger partial charge in [-0.3, -0.25) is 4.79 Å². The van der Waals surface area contributed by atoms with Crippen molar-refractivity contribution in [3.63, 3.8) is 0 Å². The van der Waals surface area contributed by atoms with E-state index in [0.717, 1.165) is 10.6 Å². The number of amides is 1. The number of carboxylic acids is 1. The number of thioether (sulfide) groups is 1. The molecule has 0 aliphatic carbocycles.